The molecule has 9 heteroatoms. The second kappa shape index (κ2) is 11.8. The molecule has 2 aliphatic heterocycles. The minimum Gasteiger partial charge on any atom is -0.436 e. The summed E-state index contributed by atoms with van der Waals surface area (Å²) in [5.41, 5.74) is 6.44. The number of ether oxygens (including phenoxy) is 3. The lowest BCUT2D eigenvalue weighted by Gasteiger charge is -2.28. The molecule has 1 aromatic rings. The highest BCUT2D eigenvalue weighted by molar-refractivity contribution is 5.84. The zero-order valence-corrected chi connectivity index (χ0v) is 18.5. The third-order valence-corrected chi connectivity index (χ3v) is 5.94. The van der Waals surface area contributed by atoms with Crippen molar-refractivity contribution in [2.24, 2.45) is 17.6 Å². The van der Waals surface area contributed by atoms with E-state index in [2.05, 4.69) is 22.8 Å². The van der Waals surface area contributed by atoms with Crippen LogP contribution in [0, 0.1) is 11.8 Å². The van der Waals surface area contributed by atoms with E-state index < -0.39 is 30.4 Å². The molecule has 2 fully saturated rings. The van der Waals surface area contributed by atoms with Gasteiger partial charge in [0.05, 0.1) is 19.3 Å². The van der Waals surface area contributed by atoms with E-state index in [1.165, 1.54) is 5.56 Å². The summed E-state index contributed by atoms with van der Waals surface area (Å²) in [7, 11) is 0. The van der Waals surface area contributed by atoms with E-state index in [1.807, 2.05) is 25.1 Å². The Bertz CT molecular complexity index is 768. The smallest absolute Gasteiger partial charge is 0.405 e. The monoisotopic (exact) mass is 447 g/mol. The van der Waals surface area contributed by atoms with Gasteiger partial charge in [0.2, 0.25) is 5.91 Å². The quantitative estimate of drug-likeness (QED) is 0.471. The first kappa shape index (κ1) is 24.0. The minimum atomic E-state index is -1.03. The van der Waals surface area contributed by atoms with Gasteiger partial charge in [-0.25, -0.2) is 4.79 Å². The lowest BCUT2D eigenvalue weighted by atomic mass is 9.94. The summed E-state index contributed by atoms with van der Waals surface area (Å²) in [6, 6.07) is 9.54. The predicted molar refractivity (Wildman–Crippen MR) is 116 cm³/mol. The van der Waals surface area contributed by atoms with Crippen molar-refractivity contribution < 1.29 is 28.6 Å². The van der Waals surface area contributed by atoms with Crippen molar-refractivity contribution in [3.05, 3.63) is 35.9 Å². The summed E-state index contributed by atoms with van der Waals surface area (Å²) in [6.45, 7) is 3.47. The highest BCUT2D eigenvalue weighted by Gasteiger charge is 2.36. The van der Waals surface area contributed by atoms with E-state index in [0.29, 0.717) is 39.0 Å². The Kier molecular flexibility index (Phi) is 8.87. The Balaban J connectivity index is 1.60. The molecule has 0 radical (unpaired) electrons. The number of nitrogens with two attached hydrogens (primary N) is 1. The van der Waals surface area contributed by atoms with Crippen molar-refractivity contribution in [1.29, 1.82) is 0 Å². The minimum absolute atomic E-state index is 0.0401. The number of rotatable bonds is 11. The van der Waals surface area contributed by atoms with Crippen LogP contribution in [0.5, 0.6) is 0 Å². The van der Waals surface area contributed by atoms with Crippen LogP contribution in [0.2, 0.25) is 0 Å². The van der Waals surface area contributed by atoms with Crippen molar-refractivity contribution in [1.82, 2.24) is 10.6 Å². The number of hydrogen-bond acceptors (Lipinski definition) is 6. The molecule has 4 N–H and O–H groups in total. The maximum Gasteiger partial charge on any atom is 0.405 e. The van der Waals surface area contributed by atoms with Crippen molar-refractivity contribution in [3.63, 3.8) is 0 Å². The zero-order valence-electron chi connectivity index (χ0n) is 18.5. The van der Waals surface area contributed by atoms with Crippen LogP contribution < -0.4 is 16.4 Å². The normalized spacial score (nSPS) is 21.5. The van der Waals surface area contributed by atoms with Gasteiger partial charge >= 0.3 is 6.09 Å². The van der Waals surface area contributed by atoms with Crippen molar-refractivity contribution in [2.75, 3.05) is 19.8 Å². The molecule has 2 aliphatic rings. The van der Waals surface area contributed by atoms with Gasteiger partial charge in [0.15, 0.2) is 12.4 Å². The van der Waals surface area contributed by atoms with Crippen molar-refractivity contribution in [3.8, 4) is 0 Å². The third kappa shape index (κ3) is 7.20. The van der Waals surface area contributed by atoms with Gasteiger partial charge in [-0.15, -0.1) is 0 Å². The first-order valence-corrected chi connectivity index (χ1v) is 11.2. The Labute approximate surface area is 188 Å². The summed E-state index contributed by atoms with van der Waals surface area (Å²) in [5.74, 6) is -0.615. The first-order valence-electron chi connectivity index (χ1n) is 11.2. The van der Waals surface area contributed by atoms with Gasteiger partial charge < -0.3 is 30.6 Å². The molecule has 32 heavy (non-hydrogen) atoms. The molecule has 176 valence electrons. The van der Waals surface area contributed by atoms with Crippen molar-refractivity contribution >= 4 is 17.9 Å². The number of carbonyl (C=O) groups is 3. The standard InChI is InChI=1S/C23H33N3O6/c1-15(7-8-16-5-3-2-4-6-16)13-19(32-23(24)29)21(28)26-18(22-30-11-12-31-22)14-17-9-10-25-20(17)27/h2-6,15,17-19,22H,7-14H2,1H3,(H2,24,29)(H,25,27)(H,26,28)/t15?,17?,18-,19-/m1/s1. The lowest BCUT2D eigenvalue weighted by Crippen LogP contribution is -2.50. The SMILES string of the molecule is CC(CCc1ccccc1)C[C@@H](OC(N)=O)C(=O)N[C@H](CC1CCNC1=O)C1OCCO1. The highest BCUT2D eigenvalue weighted by atomic mass is 16.7. The molecular weight excluding hydrogens is 414 g/mol. The van der Waals surface area contributed by atoms with Crippen molar-refractivity contribution in [2.45, 2.75) is 57.5 Å². The van der Waals surface area contributed by atoms with E-state index in [1.54, 1.807) is 0 Å². The molecule has 4 atom stereocenters. The zero-order chi connectivity index (χ0) is 22.9. The van der Waals surface area contributed by atoms with Crippen LogP contribution in [0.15, 0.2) is 30.3 Å². The lowest BCUT2D eigenvalue weighted by molar-refractivity contribution is -0.137. The molecule has 0 saturated carbocycles. The first-order chi connectivity index (χ1) is 15.4. The Hall–Kier alpha value is -2.65. The molecule has 1 aromatic carbocycles. The van der Waals surface area contributed by atoms with Gasteiger partial charge in [-0.1, -0.05) is 37.3 Å². The molecule has 2 saturated heterocycles. The molecule has 3 rings (SSSR count). The fourth-order valence-corrected chi connectivity index (χ4v) is 4.19. The molecular formula is C23H33N3O6. The topological polar surface area (TPSA) is 129 Å². The maximum absolute atomic E-state index is 13.1. The van der Waals surface area contributed by atoms with Gasteiger partial charge in [0.25, 0.3) is 5.91 Å². The molecule has 2 unspecified atom stereocenters. The van der Waals surface area contributed by atoms with E-state index in [-0.39, 0.29) is 17.7 Å². The summed E-state index contributed by atoms with van der Waals surface area (Å²) in [4.78, 5) is 36.5. The van der Waals surface area contributed by atoms with Gasteiger partial charge in [-0.2, -0.15) is 0 Å². The number of benzene rings is 1. The Morgan fingerprint density at radius 2 is 1.97 bits per heavy atom. The number of aryl methyl sites for hydroxylation is 1. The maximum atomic E-state index is 13.1. The number of amides is 3. The molecule has 0 bridgehead atoms. The number of primary amides is 1. The Morgan fingerprint density at radius 3 is 2.59 bits per heavy atom. The van der Waals surface area contributed by atoms with Gasteiger partial charge in [0, 0.05) is 12.5 Å². The van der Waals surface area contributed by atoms with Crippen LogP contribution >= 0.6 is 0 Å². The predicted octanol–water partition coefficient (Wildman–Crippen LogP) is 1.49. The molecule has 9 nitrogen and oxygen atoms in total. The largest absolute Gasteiger partial charge is 0.436 e. The number of nitrogens with one attached hydrogen (secondary N) is 2. The second-order valence-corrected chi connectivity index (χ2v) is 8.53. The summed E-state index contributed by atoms with van der Waals surface area (Å²) in [6.07, 6.45) is 0.430. The molecule has 0 spiro atoms. The average Bonchev–Trinajstić information content (AvgIpc) is 3.44. The Morgan fingerprint density at radius 1 is 1.25 bits per heavy atom. The van der Waals surface area contributed by atoms with E-state index in [0.717, 1.165) is 12.8 Å². The van der Waals surface area contributed by atoms with Crippen LogP contribution in [-0.2, 0) is 30.2 Å². The van der Waals surface area contributed by atoms with Crippen LogP contribution in [0.25, 0.3) is 0 Å². The van der Waals surface area contributed by atoms with Crippen LogP contribution in [0.1, 0.15) is 38.2 Å². The molecule has 2 heterocycles. The molecule has 3 amide bonds. The fraction of sp³-hybridized carbons (Fsp3) is 0.609. The van der Waals surface area contributed by atoms with E-state index in [9.17, 15) is 14.4 Å². The summed E-state index contributed by atoms with van der Waals surface area (Å²) in [5, 5.41) is 5.69. The number of carbonyl (C=O) groups excluding carboxylic acids is 3. The average molecular weight is 448 g/mol. The molecule has 0 aromatic heterocycles. The highest BCUT2D eigenvalue weighted by Crippen LogP contribution is 2.22. The van der Waals surface area contributed by atoms with Crippen LogP contribution in [-0.4, -0.2) is 56.1 Å². The van der Waals surface area contributed by atoms with Gasteiger partial charge in [0.1, 0.15) is 0 Å². The second-order valence-electron chi connectivity index (χ2n) is 8.53. The van der Waals surface area contributed by atoms with Gasteiger partial charge in [-0.05, 0) is 43.6 Å². The fourth-order valence-electron chi connectivity index (χ4n) is 4.19. The van der Waals surface area contributed by atoms with E-state index >= 15 is 0 Å². The summed E-state index contributed by atoms with van der Waals surface area (Å²) < 4.78 is 16.3. The van der Waals surface area contributed by atoms with Crippen LogP contribution in [0.3, 0.4) is 0 Å². The van der Waals surface area contributed by atoms with Gasteiger partial charge in [-0.3, -0.25) is 9.59 Å². The van der Waals surface area contributed by atoms with E-state index in [4.69, 9.17) is 19.9 Å². The molecule has 0 aliphatic carbocycles. The summed E-state index contributed by atoms with van der Waals surface area (Å²) >= 11 is 0. The number of hydrogen-bond donors (Lipinski definition) is 3. The third-order valence-electron chi connectivity index (χ3n) is 5.94. The van der Waals surface area contributed by atoms with Crippen LogP contribution in [0.4, 0.5) is 4.79 Å².